The van der Waals surface area contributed by atoms with Crippen LogP contribution in [0.5, 0.6) is 0 Å². The van der Waals surface area contributed by atoms with Crippen molar-refractivity contribution in [2.45, 2.75) is 44.4 Å². The van der Waals surface area contributed by atoms with Crippen molar-refractivity contribution >= 4 is 16.8 Å². The third kappa shape index (κ3) is 3.12. The van der Waals surface area contributed by atoms with Crippen molar-refractivity contribution in [2.75, 3.05) is 6.54 Å². The van der Waals surface area contributed by atoms with E-state index in [-0.39, 0.29) is 41.8 Å². The maximum absolute atomic E-state index is 14.3. The molecule has 3 aromatic rings. The van der Waals surface area contributed by atoms with Crippen LogP contribution in [0.15, 0.2) is 48.7 Å². The molecule has 166 valence electrons. The lowest BCUT2D eigenvalue weighted by atomic mass is 9.69. The minimum absolute atomic E-state index is 0.00151. The smallest absolute Gasteiger partial charge is 0.226 e. The lowest BCUT2D eigenvalue weighted by Gasteiger charge is -2.38. The Labute approximate surface area is 184 Å². The van der Waals surface area contributed by atoms with E-state index in [0.717, 1.165) is 30.2 Å². The molecule has 2 heterocycles. The minimum Gasteiger partial charge on any atom is -0.332 e. The zero-order valence-electron chi connectivity index (χ0n) is 17.6. The number of halogens is 3. The highest BCUT2D eigenvalue weighted by molar-refractivity contribution is 5.81. The number of hydrogen-bond donors (Lipinski definition) is 0. The highest BCUT2D eigenvalue weighted by atomic mass is 19.1. The summed E-state index contributed by atoms with van der Waals surface area (Å²) in [6, 6.07) is 10.4. The van der Waals surface area contributed by atoms with E-state index >= 15 is 0 Å². The molecule has 1 aromatic heterocycles. The SMILES string of the molecule is O=C([C@H]1CC2(Cn3ncc4cc(F)ccc43)CC1C2)N1CC(F)CC1c1cccc(F)c1. The van der Waals surface area contributed by atoms with Crippen LogP contribution >= 0.6 is 0 Å². The molecule has 1 aliphatic heterocycles. The van der Waals surface area contributed by atoms with Gasteiger partial charge in [-0.05, 0) is 66.5 Å². The van der Waals surface area contributed by atoms with Gasteiger partial charge < -0.3 is 4.90 Å². The predicted molar refractivity (Wildman–Crippen MR) is 113 cm³/mol. The average Bonchev–Trinajstić information content (AvgIpc) is 3.49. The van der Waals surface area contributed by atoms with Crippen LogP contribution in [-0.4, -0.2) is 33.3 Å². The molecule has 32 heavy (non-hydrogen) atoms. The first-order valence-corrected chi connectivity index (χ1v) is 11.2. The molecule has 3 saturated carbocycles. The van der Waals surface area contributed by atoms with Gasteiger partial charge in [-0.3, -0.25) is 9.48 Å². The van der Waals surface area contributed by atoms with E-state index in [0.29, 0.717) is 18.0 Å². The van der Waals surface area contributed by atoms with Crippen molar-refractivity contribution in [1.82, 2.24) is 14.7 Å². The number of benzene rings is 2. The number of amides is 1. The molecule has 0 spiro atoms. The van der Waals surface area contributed by atoms with Gasteiger partial charge in [0.2, 0.25) is 5.91 Å². The maximum Gasteiger partial charge on any atom is 0.226 e. The molecule has 0 radical (unpaired) electrons. The van der Waals surface area contributed by atoms with Gasteiger partial charge in [0.15, 0.2) is 0 Å². The molecule has 2 bridgehead atoms. The van der Waals surface area contributed by atoms with Gasteiger partial charge in [0.05, 0.1) is 24.3 Å². The van der Waals surface area contributed by atoms with E-state index in [1.165, 1.54) is 24.3 Å². The molecule has 1 saturated heterocycles. The molecule has 7 rings (SSSR count). The van der Waals surface area contributed by atoms with E-state index in [1.54, 1.807) is 29.3 Å². The molecule has 1 amide bonds. The molecule has 3 atom stereocenters. The number of fused-ring (bicyclic) bond motifs is 2. The van der Waals surface area contributed by atoms with E-state index in [2.05, 4.69) is 5.10 Å². The molecule has 2 unspecified atom stereocenters. The third-order valence-corrected chi connectivity index (χ3v) is 7.79. The largest absolute Gasteiger partial charge is 0.332 e. The lowest BCUT2D eigenvalue weighted by Crippen LogP contribution is -2.38. The number of aromatic nitrogens is 2. The zero-order chi connectivity index (χ0) is 22.0. The Hall–Kier alpha value is -2.83. The Morgan fingerprint density at radius 3 is 2.72 bits per heavy atom. The number of rotatable bonds is 4. The number of carbonyl (C=O) groups is 1. The lowest BCUT2D eigenvalue weighted by molar-refractivity contribution is -0.137. The molecule has 4 nitrogen and oxygen atoms in total. The van der Waals surface area contributed by atoms with Crippen molar-refractivity contribution in [3.63, 3.8) is 0 Å². The summed E-state index contributed by atoms with van der Waals surface area (Å²) < 4.78 is 43.5. The first-order valence-electron chi connectivity index (χ1n) is 11.2. The Kier molecular flexibility index (Phi) is 4.39. The van der Waals surface area contributed by atoms with E-state index in [1.807, 2.05) is 4.68 Å². The average molecular weight is 439 g/mol. The molecule has 0 N–H and O–H groups in total. The van der Waals surface area contributed by atoms with Gasteiger partial charge >= 0.3 is 0 Å². The van der Waals surface area contributed by atoms with Gasteiger partial charge in [0.25, 0.3) is 0 Å². The van der Waals surface area contributed by atoms with E-state index < -0.39 is 12.2 Å². The van der Waals surface area contributed by atoms with Crippen molar-refractivity contribution < 1.29 is 18.0 Å². The highest BCUT2D eigenvalue weighted by Gasteiger charge is 2.59. The van der Waals surface area contributed by atoms with Gasteiger partial charge in [0.1, 0.15) is 17.8 Å². The predicted octanol–water partition coefficient (Wildman–Crippen LogP) is 5.04. The first-order chi connectivity index (χ1) is 15.4. The number of nitrogens with zero attached hydrogens (tertiary/aromatic N) is 3. The second-order valence-electron chi connectivity index (χ2n) is 9.88. The summed E-state index contributed by atoms with van der Waals surface area (Å²) in [4.78, 5) is 15.1. The molecular formula is C25H24F3N3O. The van der Waals surface area contributed by atoms with Gasteiger partial charge in [-0.25, -0.2) is 13.2 Å². The molecular weight excluding hydrogens is 415 g/mol. The van der Waals surface area contributed by atoms with Crippen LogP contribution in [-0.2, 0) is 11.3 Å². The second-order valence-corrected chi connectivity index (χ2v) is 9.88. The standard InChI is InChI=1S/C25H24F3N3O/c26-18-3-1-2-15(6-18)23-8-20(28)13-30(23)24(32)21-11-25(9-17(21)10-25)14-31-22-5-4-19(27)7-16(22)12-29-31/h1-7,12,17,20-21,23H,8-11,13-14H2/t17?,20?,21-,23?,25?/m0/s1. The fourth-order valence-corrected chi connectivity index (χ4v) is 6.39. The second kappa shape index (κ2) is 7.09. The summed E-state index contributed by atoms with van der Waals surface area (Å²) in [5.41, 5.74) is 1.56. The normalized spacial score (nSPS) is 31.3. The van der Waals surface area contributed by atoms with Gasteiger partial charge in [-0.15, -0.1) is 0 Å². The van der Waals surface area contributed by atoms with Crippen LogP contribution in [0.4, 0.5) is 13.2 Å². The Morgan fingerprint density at radius 2 is 1.91 bits per heavy atom. The Morgan fingerprint density at radius 1 is 1.09 bits per heavy atom. The third-order valence-electron chi connectivity index (χ3n) is 7.79. The van der Waals surface area contributed by atoms with Crippen molar-refractivity contribution in [3.05, 3.63) is 65.9 Å². The van der Waals surface area contributed by atoms with Gasteiger partial charge in [0, 0.05) is 24.3 Å². The summed E-state index contributed by atoms with van der Waals surface area (Å²) >= 11 is 0. The fourth-order valence-electron chi connectivity index (χ4n) is 6.39. The van der Waals surface area contributed by atoms with Crippen LogP contribution in [0.2, 0.25) is 0 Å². The zero-order valence-corrected chi connectivity index (χ0v) is 17.6. The van der Waals surface area contributed by atoms with Gasteiger partial charge in [-0.2, -0.15) is 5.10 Å². The van der Waals surface area contributed by atoms with Crippen molar-refractivity contribution in [1.29, 1.82) is 0 Å². The quantitative estimate of drug-likeness (QED) is 0.571. The Balaban J connectivity index is 1.20. The summed E-state index contributed by atoms with van der Waals surface area (Å²) in [5.74, 6) is -0.485. The fraction of sp³-hybridized carbons (Fsp3) is 0.440. The first kappa shape index (κ1) is 19.8. The van der Waals surface area contributed by atoms with Crippen LogP contribution < -0.4 is 0 Å². The van der Waals surface area contributed by atoms with Crippen LogP contribution in [0.1, 0.15) is 37.3 Å². The van der Waals surface area contributed by atoms with E-state index in [4.69, 9.17) is 0 Å². The summed E-state index contributed by atoms with van der Waals surface area (Å²) in [6.45, 7) is 0.771. The number of hydrogen-bond acceptors (Lipinski definition) is 2. The topological polar surface area (TPSA) is 38.1 Å². The van der Waals surface area contributed by atoms with Crippen molar-refractivity contribution in [3.8, 4) is 0 Å². The van der Waals surface area contributed by atoms with Crippen LogP contribution in [0, 0.1) is 28.9 Å². The molecule has 4 aliphatic rings. The summed E-state index contributed by atoms with van der Waals surface area (Å²) in [5, 5.41) is 5.23. The van der Waals surface area contributed by atoms with E-state index in [9.17, 15) is 18.0 Å². The molecule has 7 heteroatoms. The summed E-state index contributed by atoms with van der Waals surface area (Å²) in [7, 11) is 0. The highest BCUT2D eigenvalue weighted by Crippen LogP contribution is 2.63. The number of carbonyl (C=O) groups excluding carboxylic acids is 1. The maximum atomic E-state index is 14.3. The minimum atomic E-state index is -1.09. The molecule has 3 aliphatic carbocycles. The monoisotopic (exact) mass is 439 g/mol. The number of alkyl halides is 1. The summed E-state index contributed by atoms with van der Waals surface area (Å²) in [6.07, 6.45) is 3.45. The van der Waals surface area contributed by atoms with Crippen LogP contribution in [0.25, 0.3) is 10.9 Å². The van der Waals surface area contributed by atoms with Crippen molar-refractivity contribution in [2.24, 2.45) is 17.3 Å². The molecule has 4 fully saturated rings. The Bertz CT molecular complexity index is 1200. The molecule has 2 aromatic carbocycles. The van der Waals surface area contributed by atoms with Gasteiger partial charge in [-0.1, -0.05) is 12.1 Å². The van der Waals surface area contributed by atoms with Crippen LogP contribution in [0.3, 0.4) is 0 Å². The number of likely N-dealkylation sites (tertiary alicyclic amines) is 1.